The summed E-state index contributed by atoms with van der Waals surface area (Å²) in [5, 5.41) is 17.2. The van der Waals surface area contributed by atoms with Crippen LogP contribution in [0.3, 0.4) is 0 Å². The molecule has 7 heteroatoms. The van der Waals surface area contributed by atoms with Gasteiger partial charge in [-0.05, 0) is 25.0 Å². The quantitative estimate of drug-likeness (QED) is 0.648. The van der Waals surface area contributed by atoms with Crippen LogP contribution in [0.25, 0.3) is 0 Å². The molecular formula is C14H18N4O3. The minimum atomic E-state index is -0.352. The van der Waals surface area contributed by atoms with Crippen LogP contribution in [-0.2, 0) is 4.79 Å². The van der Waals surface area contributed by atoms with Gasteiger partial charge < -0.3 is 15.5 Å². The van der Waals surface area contributed by atoms with Crippen LogP contribution in [-0.4, -0.2) is 37.0 Å². The lowest BCUT2D eigenvalue weighted by Gasteiger charge is -2.37. The fraction of sp³-hybridized carbons (Fsp3) is 0.500. The zero-order valence-electron chi connectivity index (χ0n) is 11.8. The van der Waals surface area contributed by atoms with Gasteiger partial charge in [0.05, 0.1) is 16.9 Å². The molecular weight excluding hydrogens is 272 g/mol. The summed E-state index contributed by atoms with van der Waals surface area (Å²) in [4.78, 5) is 25.0. The Bertz CT molecular complexity index is 590. The Morgan fingerprint density at radius 1 is 1.48 bits per heavy atom. The van der Waals surface area contributed by atoms with E-state index < -0.39 is 0 Å². The second-order valence-electron chi connectivity index (χ2n) is 5.44. The number of hydrogen-bond donors (Lipinski definition) is 2. The van der Waals surface area contributed by atoms with Gasteiger partial charge in [0.2, 0.25) is 5.91 Å². The lowest BCUT2D eigenvalue weighted by molar-refractivity contribution is -0.383. The van der Waals surface area contributed by atoms with Crippen molar-refractivity contribution in [1.82, 2.24) is 5.32 Å². The lowest BCUT2D eigenvalue weighted by atomic mass is 9.91. The Morgan fingerprint density at radius 3 is 3.00 bits per heavy atom. The highest BCUT2D eigenvalue weighted by Gasteiger charge is 2.42. The monoisotopic (exact) mass is 290 g/mol. The number of benzene rings is 1. The molecule has 2 fully saturated rings. The van der Waals surface area contributed by atoms with Gasteiger partial charge in [0.15, 0.2) is 0 Å². The molecule has 0 aliphatic carbocycles. The highest BCUT2D eigenvalue weighted by molar-refractivity contribution is 5.84. The second-order valence-corrected chi connectivity index (χ2v) is 5.44. The Kier molecular flexibility index (Phi) is 3.40. The summed E-state index contributed by atoms with van der Waals surface area (Å²) < 4.78 is 0. The van der Waals surface area contributed by atoms with Crippen molar-refractivity contribution in [3.05, 3.63) is 28.3 Å². The maximum absolute atomic E-state index is 11.8. The first kappa shape index (κ1) is 13.7. The summed E-state index contributed by atoms with van der Waals surface area (Å²) in [6.45, 7) is 1.30. The van der Waals surface area contributed by atoms with E-state index in [1.807, 2.05) is 11.0 Å². The van der Waals surface area contributed by atoms with E-state index in [4.69, 9.17) is 0 Å². The zero-order chi connectivity index (χ0) is 15.0. The molecule has 1 aromatic rings. The number of nitro groups is 1. The van der Waals surface area contributed by atoms with Crippen molar-refractivity contribution < 1.29 is 9.72 Å². The molecule has 0 spiro atoms. The lowest BCUT2D eigenvalue weighted by Crippen LogP contribution is -2.45. The molecule has 2 saturated heterocycles. The molecule has 0 aromatic heterocycles. The van der Waals surface area contributed by atoms with Crippen molar-refractivity contribution in [2.24, 2.45) is 5.92 Å². The van der Waals surface area contributed by atoms with Gasteiger partial charge in [0.1, 0.15) is 11.4 Å². The van der Waals surface area contributed by atoms with Crippen molar-refractivity contribution in [2.75, 3.05) is 30.4 Å². The first-order valence-corrected chi connectivity index (χ1v) is 7.13. The Morgan fingerprint density at radius 2 is 2.29 bits per heavy atom. The molecule has 7 nitrogen and oxygen atoms in total. The Labute approximate surface area is 122 Å². The molecule has 0 radical (unpaired) electrons. The van der Waals surface area contributed by atoms with Crippen LogP contribution in [0.15, 0.2) is 18.2 Å². The molecule has 0 bridgehead atoms. The van der Waals surface area contributed by atoms with Crippen LogP contribution in [0.5, 0.6) is 0 Å². The maximum Gasteiger partial charge on any atom is 0.315 e. The molecule has 3 rings (SSSR count). The van der Waals surface area contributed by atoms with Gasteiger partial charge in [-0.15, -0.1) is 0 Å². The number of nitro benzene ring substituents is 1. The summed E-state index contributed by atoms with van der Waals surface area (Å²) in [5.41, 5.74) is 1.18. The SMILES string of the molecule is CNc1cccc(N2CCCC3C(=O)NCC32)c1[N+](=O)[O-]. The number of rotatable bonds is 3. The van der Waals surface area contributed by atoms with Crippen molar-refractivity contribution >= 4 is 23.0 Å². The van der Waals surface area contributed by atoms with E-state index in [2.05, 4.69) is 10.6 Å². The smallest absolute Gasteiger partial charge is 0.315 e. The van der Waals surface area contributed by atoms with E-state index in [0.29, 0.717) is 17.9 Å². The van der Waals surface area contributed by atoms with Gasteiger partial charge in [-0.3, -0.25) is 14.9 Å². The minimum absolute atomic E-state index is 0.0112. The summed E-state index contributed by atoms with van der Waals surface area (Å²) in [6.07, 6.45) is 1.72. The normalized spacial score (nSPS) is 24.4. The molecule has 112 valence electrons. The Hall–Kier alpha value is -2.31. The van der Waals surface area contributed by atoms with Gasteiger partial charge >= 0.3 is 5.69 Å². The van der Waals surface area contributed by atoms with Gasteiger partial charge in [0.25, 0.3) is 0 Å². The molecule has 1 amide bonds. The average Bonchev–Trinajstić information content (AvgIpc) is 2.88. The number of hydrogen-bond acceptors (Lipinski definition) is 5. The van der Waals surface area contributed by atoms with Crippen molar-refractivity contribution in [3.63, 3.8) is 0 Å². The fourth-order valence-corrected chi connectivity index (χ4v) is 3.41. The maximum atomic E-state index is 11.8. The first-order chi connectivity index (χ1) is 10.1. The number of carbonyl (C=O) groups excluding carboxylic acids is 1. The van der Waals surface area contributed by atoms with Crippen LogP contribution in [0, 0.1) is 16.0 Å². The van der Waals surface area contributed by atoms with E-state index in [9.17, 15) is 14.9 Å². The minimum Gasteiger partial charge on any atom is -0.382 e. The molecule has 2 heterocycles. The summed E-state index contributed by atoms with van der Waals surface area (Å²) in [7, 11) is 1.67. The first-order valence-electron chi connectivity index (χ1n) is 7.13. The number of nitrogens with one attached hydrogen (secondary N) is 2. The van der Waals surface area contributed by atoms with Gasteiger partial charge in [0, 0.05) is 20.1 Å². The number of anilines is 2. The third-order valence-electron chi connectivity index (χ3n) is 4.38. The average molecular weight is 290 g/mol. The Balaban J connectivity index is 2.03. The largest absolute Gasteiger partial charge is 0.382 e. The molecule has 1 aromatic carbocycles. The van der Waals surface area contributed by atoms with E-state index in [-0.39, 0.29) is 28.5 Å². The molecule has 21 heavy (non-hydrogen) atoms. The molecule has 2 N–H and O–H groups in total. The van der Waals surface area contributed by atoms with Crippen LogP contribution in [0.2, 0.25) is 0 Å². The summed E-state index contributed by atoms with van der Waals surface area (Å²) >= 11 is 0. The third kappa shape index (κ3) is 2.18. The number of carbonyl (C=O) groups is 1. The van der Waals surface area contributed by atoms with Crippen molar-refractivity contribution in [3.8, 4) is 0 Å². The number of amides is 1. The number of nitrogens with zero attached hydrogens (tertiary/aromatic N) is 2. The van der Waals surface area contributed by atoms with Crippen molar-refractivity contribution in [1.29, 1.82) is 0 Å². The van der Waals surface area contributed by atoms with Crippen LogP contribution < -0.4 is 15.5 Å². The topological polar surface area (TPSA) is 87.5 Å². The third-order valence-corrected chi connectivity index (χ3v) is 4.38. The van der Waals surface area contributed by atoms with Crippen molar-refractivity contribution in [2.45, 2.75) is 18.9 Å². The molecule has 2 aliphatic heterocycles. The zero-order valence-corrected chi connectivity index (χ0v) is 11.8. The molecule has 2 aliphatic rings. The van der Waals surface area contributed by atoms with Crippen LogP contribution in [0.1, 0.15) is 12.8 Å². The fourth-order valence-electron chi connectivity index (χ4n) is 3.41. The van der Waals surface area contributed by atoms with E-state index in [1.165, 1.54) is 0 Å². The summed E-state index contributed by atoms with van der Waals surface area (Å²) in [6, 6.07) is 5.28. The molecule has 2 unspecified atom stereocenters. The van der Waals surface area contributed by atoms with E-state index in [0.717, 1.165) is 19.4 Å². The highest BCUT2D eigenvalue weighted by atomic mass is 16.6. The number of para-hydroxylation sites is 1. The van der Waals surface area contributed by atoms with Gasteiger partial charge in [-0.25, -0.2) is 0 Å². The van der Waals surface area contributed by atoms with Crippen LogP contribution >= 0.6 is 0 Å². The van der Waals surface area contributed by atoms with Gasteiger partial charge in [-0.2, -0.15) is 0 Å². The van der Waals surface area contributed by atoms with Gasteiger partial charge in [-0.1, -0.05) is 6.07 Å². The standard InChI is InChI=1S/C14H18N4O3/c1-15-10-5-2-6-11(13(10)18(20)21)17-7-3-4-9-12(17)8-16-14(9)19/h2,5-6,9,12,15H,3-4,7-8H2,1H3,(H,16,19). The van der Waals surface area contributed by atoms with E-state index in [1.54, 1.807) is 19.2 Å². The number of piperidine rings is 1. The molecule has 2 atom stereocenters. The predicted molar refractivity (Wildman–Crippen MR) is 79.5 cm³/mol. The summed E-state index contributed by atoms with van der Waals surface area (Å²) in [5.74, 6) is 0.00807. The predicted octanol–water partition coefficient (Wildman–Crippen LogP) is 1.35. The van der Waals surface area contributed by atoms with E-state index >= 15 is 0 Å². The molecule has 0 saturated carbocycles. The highest BCUT2D eigenvalue weighted by Crippen LogP contribution is 2.40. The van der Waals surface area contributed by atoms with Crippen LogP contribution in [0.4, 0.5) is 17.1 Å². The second kappa shape index (κ2) is 5.23. The number of fused-ring (bicyclic) bond motifs is 1.